The number of aromatic nitrogens is 2. The van der Waals surface area contributed by atoms with Gasteiger partial charge in [0.15, 0.2) is 0 Å². The van der Waals surface area contributed by atoms with Gasteiger partial charge in [0.25, 0.3) is 5.56 Å². The highest BCUT2D eigenvalue weighted by Crippen LogP contribution is 2.30. The lowest BCUT2D eigenvalue weighted by molar-refractivity contribution is -0.137. The number of nitrogens with zero attached hydrogens (tertiary/aromatic N) is 2. The van der Waals surface area contributed by atoms with E-state index in [0.717, 1.165) is 17.7 Å². The number of nitrogens with one attached hydrogen (secondary N) is 1. The molecular weight excluding hydrogens is 386 g/mol. The Labute approximate surface area is 163 Å². The number of fused-ring (bicyclic) bond motifs is 1. The van der Waals surface area contributed by atoms with Crippen molar-refractivity contribution in [2.45, 2.75) is 25.7 Å². The van der Waals surface area contributed by atoms with Crippen LogP contribution in [-0.4, -0.2) is 21.4 Å². The van der Waals surface area contributed by atoms with Crippen LogP contribution in [0.5, 0.6) is 0 Å². The van der Waals surface area contributed by atoms with Crippen molar-refractivity contribution in [3.05, 3.63) is 87.1 Å². The van der Waals surface area contributed by atoms with Crippen LogP contribution in [-0.2, 0) is 25.7 Å². The fourth-order valence-corrected chi connectivity index (χ4v) is 3.48. The summed E-state index contributed by atoms with van der Waals surface area (Å²) in [5, 5.41) is 0. The molecule has 4 nitrogen and oxygen atoms in total. The van der Waals surface area contributed by atoms with E-state index in [4.69, 9.17) is 0 Å². The average molecular weight is 403 g/mol. The third kappa shape index (κ3) is 4.22. The number of hydrogen-bond acceptors (Lipinski definition) is 3. The van der Waals surface area contributed by atoms with Crippen molar-refractivity contribution >= 4 is 0 Å². The smallest absolute Gasteiger partial charge is 0.306 e. The summed E-state index contributed by atoms with van der Waals surface area (Å²) in [5.41, 5.74) is 1.35. The molecule has 0 spiro atoms. The zero-order chi connectivity index (χ0) is 20.6. The maximum absolute atomic E-state index is 13.4. The number of hydrogen-bond donors (Lipinski definition) is 1. The van der Waals surface area contributed by atoms with Crippen molar-refractivity contribution in [1.82, 2.24) is 14.9 Å². The maximum atomic E-state index is 13.4. The van der Waals surface area contributed by atoms with Gasteiger partial charge in [-0.1, -0.05) is 24.3 Å². The molecular formula is C21H17F4N3O. The summed E-state index contributed by atoms with van der Waals surface area (Å²) in [4.78, 5) is 21.7. The number of halogens is 4. The molecule has 0 bridgehead atoms. The highest BCUT2D eigenvalue weighted by atomic mass is 19.4. The molecule has 2 aromatic carbocycles. The minimum Gasteiger partial charge on any atom is -0.306 e. The zero-order valence-corrected chi connectivity index (χ0v) is 15.3. The molecule has 150 valence electrons. The Morgan fingerprint density at radius 3 is 2.55 bits per heavy atom. The molecule has 1 aromatic heterocycles. The van der Waals surface area contributed by atoms with Crippen molar-refractivity contribution < 1.29 is 17.6 Å². The Balaban J connectivity index is 1.59. The Bertz CT molecular complexity index is 1090. The molecule has 1 aliphatic rings. The lowest BCUT2D eigenvalue weighted by Gasteiger charge is -2.27. The largest absolute Gasteiger partial charge is 0.416 e. The van der Waals surface area contributed by atoms with E-state index in [0.29, 0.717) is 42.9 Å². The number of H-pyrrole nitrogens is 1. The fraction of sp³-hybridized carbons (Fsp3) is 0.238. The van der Waals surface area contributed by atoms with Gasteiger partial charge >= 0.3 is 6.18 Å². The van der Waals surface area contributed by atoms with Crippen LogP contribution in [0.2, 0.25) is 0 Å². The van der Waals surface area contributed by atoms with Crippen LogP contribution in [0.25, 0.3) is 11.4 Å². The monoisotopic (exact) mass is 403 g/mol. The molecule has 0 atom stereocenters. The second-order valence-electron chi connectivity index (χ2n) is 7.01. The van der Waals surface area contributed by atoms with Gasteiger partial charge in [-0.05, 0) is 36.2 Å². The van der Waals surface area contributed by atoms with Crippen molar-refractivity contribution in [2.24, 2.45) is 0 Å². The second-order valence-corrected chi connectivity index (χ2v) is 7.01. The van der Waals surface area contributed by atoms with E-state index in [2.05, 4.69) is 14.9 Å². The summed E-state index contributed by atoms with van der Waals surface area (Å²) in [6, 6.07) is 10.8. The van der Waals surface area contributed by atoms with E-state index < -0.39 is 11.7 Å². The summed E-state index contributed by atoms with van der Waals surface area (Å²) < 4.78 is 51.7. The van der Waals surface area contributed by atoms with Crippen LogP contribution in [0.15, 0.2) is 53.3 Å². The van der Waals surface area contributed by atoms with Gasteiger partial charge in [-0.15, -0.1) is 0 Å². The number of alkyl halides is 3. The summed E-state index contributed by atoms with van der Waals surface area (Å²) >= 11 is 0. The molecule has 29 heavy (non-hydrogen) atoms. The van der Waals surface area contributed by atoms with Crippen LogP contribution in [0.4, 0.5) is 17.6 Å². The standard InChI is InChI=1S/C21H17F4N3O/c22-16-3-1-2-13(10-16)11-28-9-8-17-18(12-28)26-19(27-20(17)29)14-4-6-15(7-5-14)21(23,24)25/h1-7,10H,8-9,11-12H2,(H,26,27,29). The number of rotatable bonds is 3. The van der Waals surface area contributed by atoms with Crippen LogP contribution in [0, 0.1) is 5.82 Å². The van der Waals surface area contributed by atoms with E-state index in [-0.39, 0.29) is 17.2 Å². The normalized spacial score (nSPS) is 14.6. The van der Waals surface area contributed by atoms with Crippen LogP contribution < -0.4 is 5.56 Å². The average Bonchev–Trinajstić information content (AvgIpc) is 2.67. The Morgan fingerprint density at radius 2 is 1.86 bits per heavy atom. The molecule has 8 heteroatoms. The third-order valence-corrected chi connectivity index (χ3v) is 4.93. The van der Waals surface area contributed by atoms with Crippen LogP contribution in [0.1, 0.15) is 22.4 Å². The molecule has 0 fully saturated rings. The maximum Gasteiger partial charge on any atom is 0.416 e. The third-order valence-electron chi connectivity index (χ3n) is 4.93. The zero-order valence-electron chi connectivity index (χ0n) is 15.3. The van der Waals surface area contributed by atoms with Crippen LogP contribution >= 0.6 is 0 Å². The molecule has 1 N–H and O–H groups in total. The first-order chi connectivity index (χ1) is 13.8. The van der Waals surface area contributed by atoms with Gasteiger partial charge in [0.2, 0.25) is 0 Å². The van der Waals surface area contributed by atoms with Gasteiger partial charge in [0, 0.05) is 30.8 Å². The van der Waals surface area contributed by atoms with Gasteiger partial charge in [0.05, 0.1) is 11.3 Å². The summed E-state index contributed by atoms with van der Waals surface area (Å²) in [6.45, 7) is 1.55. The first-order valence-electron chi connectivity index (χ1n) is 9.06. The van der Waals surface area contributed by atoms with E-state index in [9.17, 15) is 22.4 Å². The Hall–Kier alpha value is -3.00. The van der Waals surface area contributed by atoms with Crippen molar-refractivity contribution in [2.75, 3.05) is 6.54 Å². The molecule has 1 aliphatic heterocycles. The predicted octanol–water partition coefficient (Wildman–Crippen LogP) is 4.15. The molecule has 2 heterocycles. The van der Waals surface area contributed by atoms with Crippen LogP contribution in [0.3, 0.4) is 0 Å². The van der Waals surface area contributed by atoms with Gasteiger partial charge in [-0.2, -0.15) is 13.2 Å². The molecule has 0 amide bonds. The molecule has 0 saturated carbocycles. The highest BCUT2D eigenvalue weighted by molar-refractivity contribution is 5.56. The first-order valence-corrected chi connectivity index (χ1v) is 9.06. The second kappa shape index (κ2) is 7.44. The minimum absolute atomic E-state index is 0.232. The quantitative estimate of drug-likeness (QED) is 0.669. The number of benzene rings is 2. The molecule has 0 saturated heterocycles. The minimum atomic E-state index is -4.42. The van der Waals surface area contributed by atoms with Crippen molar-refractivity contribution in [3.8, 4) is 11.4 Å². The van der Waals surface area contributed by atoms with Crippen molar-refractivity contribution in [3.63, 3.8) is 0 Å². The number of aromatic amines is 1. The lowest BCUT2D eigenvalue weighted by atomic mass is 10.0. The SMILES string of the molecule is O=c1[nH]c(-c2ccc(C(F)(F)F)cc2)nc2c1CCN(Cc1cccc(F)c1)C2. The van der Waals surface area contributed by atoms with Gasteiger partial charge in [0.1, 0.15) is 11.6 Å². The summed E-state index contributed by atoms with van der Waals surface area (Å²) in [5.74, 6) is -0.0749. The van der Waals surface area contributed by atoms with E-state index in [1.165, 1.54) is 24.3 Å². The molecule has 0 unspecified atom stereocenters. The molecule has 0 aliphatic carbocycles. The van der Waals surface area contributed by atoms with Crippen molar-refractivity contribution in [1.29, 1.82) is 0 Å². The highest BCUT2D eigenvalue weighted by Gasteiger charge is 2.30. The molecule has 3 aromatic rings. The van der Waals surface area contributed by atoms with Gasteiger partial charge in [-0.25, -0.2) is 9.37 Å². The Morgan fingerprint density at radius 1 is 1.10 bits per heavy atom. The van der Waals surface area contributed by atoms with E-state index in [1.54, 1.807) is 6.07 Å². The fourth-order valence-electron chi connectivity index (χ4n) is 3.48. The topological polar surface area (TPSA) is 49.0 Å². The first kappa shape index (κ1) is 19.3. The molecule has 4 rings (SSSR count). The van der Waals surface area contributed by atoms with Gasteiger partial charge < -0.3 is 4.98 Å². The predicted molar refractivity (Wildman–Crippen MR) is 99.5 cm³/mol. The summed E-state index contributed by atoms with van der Waals surface area (Å²) in [6.07, 6.45) is -3.92. The van der Waals surface area contributed by atoms with Gasteiger partial charge in [-0.3, -0.25) is 9.69 Å². The molecule has 0 radical (unpaired) electrons. The lowest BCUT2D eigenvalue weighted by Crippen LogP contribution is -2.35. The van der Waals surface area contributed by atoms with E-state index in [1.807, 2.05) is 6.07 Å². The van der Waals surface area contributed by atoms with E-state index >= 15 is 0 Å². The Kier molecular flexibility index (Phi) is 4.96. The summed E-state index contributed by atoms with van der Waals surface area (Å²) in [7, 11) is 0.